The molecule has 0 aliphatic carbocycles. The molecule has 0 spiro atoms. The number of halogens is 3. The van der Waals surface area contributed by atoms with Gasteiger partial charge in [-0.25, -0.2) is 4.39 Å². The predicted octanol–water partition coefficient (Wildman–Crippen LogP) is 2.85. The quantitative estimate of drug-likeness (QED) is 0.819. The molecule has 0 aromatic heterocycles. The molecule has 0 fully saturated rings. The van der Waals surface area contributed by atoms with E-state index in [1.807, 2.05) is 0 Å². The van der Waals surface area contributed by atoms with Crippen LogP contribution in [0.5, 0.6) is 0 Å². The molecule has 1 amide bonds. The van der Waals surface area contributed by atoms with Gasteiger partial charge in [-0.3, -0.25) is 4.79 Å². The van der Waals surface area contributed by atoms with E-state index in [0.717, 1.165) is 6.07 Å². The summed E-state index contributed by atoms with van der Waals surface area (Å²) < 4.78 is 17.8. The van der Waals surface area contributed by atoms with Crippen LogP contribution in [0.25, 0.3) is 0 Å². The number of benzene rings is 1. The second-order valence-electron chi connectivity index (χ2n) is 3.73. The smallest absolute Gasteiger partial charge is 0.253 e. The van der Waals surface area contributed by atoms with Gasteiger partial charge < -0.3 is 10.1 Å². The van der Waals surface area contributed by atoms with E-state index in [2.05, 4.69) is 5.32 Å². The van der Waals surface area contributed by atoms with E-state index in [1.165, 1.54) is 12.1 Å². The first-order valence-electron chi connectivity index (χ1n) is 5.39. The SMILES string of the molecule is COCCC(CCl)NC(=O)c1ccc(F)cc1Cl. The second-order valence-corrected chi connectivity index (χ2v) is 4.45. The maximum Gasteiger partial charge on any atom is 0.253 e. The summed E-state index contributed by atoms with van der Waals surface area (Å²) in [5.74, 6) is -0.583. The maximum atomic E-state index is 12.9. The molecule has 0 bridgehead atoms. The molecule has 0 radical (unpaired) electrons. The van der Waals surface area contributed by atoms with E-state index in [1.54, 1.807) is 7.11 Å². The van der Waals surface area contributed by atoms with Crippen molar-refractivity contribution in [2.45, 2.75) is 12.5 Å². The van der Waals surface area contributed by atoms with E-state index in [4.69, 9.17) is 27.9 Å². The molecule has 1 aromatic rings. The largest absolute Gasteiger partial charge is 0.385 e. The van der Waals surface area contributed by atoms with Crippen LogP contribution < -0.4 is 5.32 Å². The minimum absolute atomic E-state index is 0.0764. The third-order valence-electron chi connectivity index (χ3n) is 2.37. The van der Waals surface area contributed by atoms with Crippen LogP contribution in [0.1, 0.15) is 16.8 Å². The topological polar surface area (TPSA) is 38.3 Å². The van der Waals surface area contributed by atoms with Crippen LogP contribution >= 0.6 is 23.2 Å². The van der Waals surface area contributed by atoms with E-state index in [0.29, 0.717) is 13.0 Å². The summed E-state index contributed by atoms with van der Waals surface area (Å²) in [6, 6.07) is 3.42. The lowest BCUT2D eigenvalue weighted by Crippen LogP contribution is -2.37. The number of nitrogens with one attached hydrogen (secondary N) is 1. The molecule has 1 unspecified atom stereocenters. The second kappa shape index (κ2) is 7.56. The number of amides is 1. The number of rotatable bonds is 6. The van der Waals surface area contributed by atoms with E-state index < -0.39 is 5.82 Å². The van der Waals surface area contributed by atoms with Crippen LogP contribution in [0.2, 0.25) is 5.02 Å². The van der Waals surface area contributed by atoms with Gasteiger partial charge in [0.25, 0.3) is 5.91 Å². The minimum atomic E-state index is -0.482. The highest BCUT2D eigenvalue weighted by atomic mass is 35.5. The summed E-state index contributed by atoms with van der Waals surface area (Å²) >= 11 is 11.5. The number of alkyl halides is 1. The van der Waals surface area contributed by atoms with Crippen molar-refractivity contribution >= 4 is 29.1 Å². The molecule has 1 aromatic carbocycles. The van der Waals surface area contributed by atoms with Crippen molar-refractivity contribution in [3.8, 4) is 0 Å². The van der Waals surface area contributed by atoms with E-state index >= 15 is 0 Å². The van der Waals surface area contributed by atoms with Crippen molar-refractivity contribution in [3.63, 3.8) is 0 Å². The van der Waals surface area contributed by atoms with Gasteiger partial charge in [-0.2, -0.15) is 0 Å². The van der Waals surface area contributed by atoms with Crippen molar-refractivity contribution in [1.82, 2.24) is 5.32 Å². The highest BCUT2D eigenvalue weighted by Crippen LogP contribution is 2.17. The average Bonchev–Trinajstić information content (AvgIpc) is 2.34. The number of carbonyl (C=O) groups excluding carboxylic acids is 1. The Morgan fingerprint density at radius 1 is 1.56 bits per heavy atom. The van der Waals surface area contributed by atoms with Gasteiger partial charge in [0.15, 0.2) is 0 Å². The highest BCUT2D eigenvalue weighted by molar-refractivity contribution is 6.33. The third kappa shape index (κ3) is 4.44. The molecule has 6 heteroatoms. The van der Waals surface area contributed by atoms with Crippen LogP contribution in [0.4, 0.5) is 4.39 Å². The van der Waals surface area contributed by atoms with Gasteiger partial charge in [-0.1, -0.05) is 11.6 Å². The Hall–Kier alpha value is -0.840. The fraction of sp³-hybridized carbons (Fsp3) is 0.417. The summed E-state index contributed by atoms with van der Waals surface area (Å²) in [6.45, 7) is 0.495. The molecule has 18 heavy (non-hydrogen) atoms. The van der Waals surface area contributed by atoms with Gasteiger partial charge in [0, 0.05) is 25.6 Å². The summed E-state index contributed by atoms with van der Waals surface area (Å²) in [5.41, 5.74) is 0.227. The number of methoxy groups -OCH3 is 1. The summed E-state index contributed by atoms with van der Waals surface area (Å²) in [4.78, 5) is 11.9. The summed E-state index contributed by atoms with van der Waals surface area (Å²) in [7, 11) is 1.57. The van der Waals surface area contributed by atoms with Crippen molar-refractivity contribution in [1.29, 1.82) is 0 Å². The number of hydrogen-bond acceptors (Lipinski definition) is 2. The van der Waals surface area contributed by atoms with Crippen molar-refractivity contribution in [2.24, 2.45) is 0 Å². The highest BCUT2D eigenvalue weighted by Gasteiger charge is 2.15. The molecule has 1 atom stereocenters. The lowest BCUT2D eigenvalue weighted by molar-refractivity contribution is 0.0930. The van der Waals surface area contributed by atoms with Crippen LogP contribution in [0.3, 0.4) is 0 Å². The van der Waals surface area contributed by atoms with Crippen LogP contribution in [0.15, 0.2) is 18.2 Å². The van der Waals surface area contributed by atoms with Gasteiger partial charge in [-0.05, 0) is 24.6 Å². The average molecular weight is 294 g/mol. The molecular weight excluding hydrogens is 280 g/mol. The summed E-state index contributed by atoms with van der Waals surface area (Å²) in [6.07, 6.45) is 0.602. The first kappa shape index (κ1) is 15.2. The van der Waals surface area contributed by atoms with Gasteiger partial charge in [0.05, 0.1) is 10.6 Å². The zero-order chi connectivity index (χ0) is 13.5. The van der Waals surface area contributed by atoms with Crippen molar-refractivity contribution in [2.75, 3.05) is 19.6 Å². The van der Waals surface area contributed by atoms with E-state index in [9.17, 15) is 9.18 Å². The number of ether oxygens (including phenoxy) is 1. The molecular formula is C12H14Cl2FNO2. The Morgan fingerprint density at radius 3 is 2.83 bits per heavy atom. The molecule has 1 N–H and O–H groups in total. The molecule has 0 saturated heterocycles. The third-order valence-corrected chi connectivity index (χ3v) is 3.05. The van der Waals surface area contributed by atoms with Crippen molar-refractivity contribution in [3.05, 3.63) is 34.6 Å². The Bertz CT molecular complexity index is 415. The molecule has 0 saturated carbocycles. The Balaban J connectivity index is 2.68. The van der Waals surface area contributed by atoms with Crippen LogP contribution in [-0.4, -0.2) is 31.5 Å². The number of carbonyl (C=O) groups is 1. The molecule has 0 aliphatic rings. The van der Waals surface area contributed by atoms with Crippen molar-refractivity contribution < 1.29 is 13.9 Å². The zero-order valence-corrected chi connectivity index (χ0v) is 11.4. The predicted molar refractivity (Wildman–Crippen MR) is 69.9 cm³/mol. The maximum absolute atomic E-state index is 12.9. The summed E-state index contributed by atoms with van der Waals surface area (Å²) in [5, 5.41) is 2.80. The molecule has 0 aliphatic heterocycles. The van der Waals surface area contributed by atoms with Crippen LogP contribution in [-0.2, 0) is 4.74 Å². The fourth-order valence-electron chi connectivity index (χ4n) is 1.38. The minimum Gasteiger partial charge on any atom is -0.385 e. The lowest BCUT2D eigenvalue weighted by atomic mass is 10.1. The van der Waals surface area contributed by atoms with Gasteiger partial charge in [-0.15, -0.1) is 11.6 Å². The number of hydrogen-bond donors (Lipinski definition) is 1. The fourth-order valence-corrected chi connectivity index (χ4v) is 1.87. The molecule has 0 heterocycles. The Morgan fingerprint density at radius 2 is 2.28 bits per heavy atom. The molecule has 3 nitrogen and oxygen atoms in total. The van der Waals surface area contributed by atoms with Crippen LogP contribution in [0, 0.1) is 5.82 Å². The first-order valence-corrected chi connectivity index (χ1v) is 6.30. The normalized spacial score (nSPS) is 12.2. The first-order chi connectivity index (χ1) is 8.58. The monoisotopic (exact) mass is 293 g/mol. The Labute approximate surface area is 115 Å². The lowest BCUT2D eigenvalue weighted by Gasteiger charge is -2.16. The molecule has 1 rings (SSSR count). The Kier molecular flexibility index (Phi) is 6.39. The standard InChI is InChI=1S/C12H14Cl2FNO2/c1-18-5-4-9(7-13)16-12(17)10-3-2-8(15)6-11(10)14/h2-3,6,9H,4-5,7H2,1H3,(H,16,17). The van der Waals surface area contributed by atoms with E-state index in [-0.39, 0.29) is 28.4 Å². The van der Waals surface area contributed by atoms with Gasteiger partial charge in [0.1, 0.15) is 5.82 Å². The zero-order valence-electron chi connectivity index (χ0n) is 9.88. The van der Waals surface area contributed by atoms with Gasteiger partial charge in [0.2, 0.25) is 0 Å². The van der Waals surface area contributed by atoms with Gasteiger partial charge >= 0.3 is 0 Å². The molecule has 100 valence electrons.